The lowest BCUT2D eigenvalue weighted by Gasteiger charge is -2.31. The molecule has 21 heavy (non-hydrogen) atoms. The van der Waals surface area contributed by atoms with Gasteiger partial charge in [-0.3, -0.25) is 9.89 Å². The number of aromatic amines is 1. The van der Waals surface area contributed by atoms with Gasteiger partial charge in [-0.25, -0.2) is 0 Å². The molecule has 5 nitrogen and oxygen atoms in total. The second-order valence-electron chi connectivity index (χ2n) is 5.66. The molecule has 1 aliphatic heterocycles. The van der Waals surface area contributed by atoms with Crippen molar-refractivity contribution in [3.63, 3.8) is 0 Å². The summed E-state index contributed by atoms with van der Waals surface area (Å²) >= 11 is 0. The third-order valence-electron chi connectivity index (χ3n) is 4.38. The number of aromatic nitrogens is 2. The number of aryl methyl sites for hydroxylation is 2. The second-order valence-corrected chi connectivity index (χ2v) is 5.66. The molecule has 0 unspecified atom stereocenters. The number of hydrogen-bond donors (Lipinski definition) is 1. The fraction of sp³-hybridized carbons (Fsp3) is 0.500. The summed E-state index contributed by atoms with van der Waals surface area (Å²) in [6, 6.07) is 1.83. The predicted octanol–water partition coefficient (Wildman–Crippen LogP) is 2.89. The van der Waals surface area contributed by atoms with Crippen molar-refractivity contribution in [2.75, 3.05) is 13.1 Å². The highest BCUT2D eigenvalue weighted by atomic mass is 16.3. The van der Waals surface area contributed by atoms with Crippen molar-refractivity contribution in [2.24, 2.45) is 0 Å². The van der Waals surface area contributed by atoms with Gasteiger partial charge in [0.05, 0.1) is 12.5 Å². The lowest BCUT2D eigenvalue weighted by Crippen LogP contribution is -2.38. The number of nitrogens with one attached hydrogen (secondary N) is 1. The number of H-pyrrole nitrogens is 1. The first-order valence-electron chi connectivity index (χ1n) is 7.56. The topological polar surface area (TPSA) is 62.1 Å². The van der Waals surface area contributed by atoms with Crippen LogP contribution in [0.2, 0.25) is 0 Å². The Bertz CT molecular complexity index is 621. The van der Waals surface area contributed by atoms with Crippen LogP contribution in [0.3, 0.4) is 0 Å². The van der Waals surface area contributed by atoms with Crippen LogP contribution in [0.1, 0.15) is 53.1 Å². The molecule has 1 saturated heterocycles. The number of nitrogens with zero attached hydrogens (tertiary/aromatic N) is 2. The maximum Gasteiger partial charge on any atom is 0.289 e. The van der Waals surface area contributed by atoms with E-state index in [-0.39, 0.29) is 5.91 Å². The highest BCUT2D eigenvalue weighted by Gasteiger charge is 2.28. The van der Waals surface area contributed by atoms with Gasteiger partial charge in [0.2, 0.25) is 0 Å². The number of carbonyl (C=O) groups is 1. The molecule has 0 aromatic carbocycles. The summed E-state index contributed by atoms with van der Waals surface area (Å²) in [5, 5.41) is 7.29. The van der Waals surface area contributed by atoms with E-state index < -0.39 is 0 Å². The van der Waals surface area contributed by atoms with Gasteiger partial charge in [-0.15, -0.1) is 0 Å². The molecule has 0 saturated carbocycles. The second kappa shape index (κ2) is 5.76. The van der Waals surface area contributed by atoms with E-state index in [0.717, 1.165) is 37.9 Å². The molecule has 0 bridgehead atoms. The molecular weight excluding hydrogens is 266 g/mol. The molecule has 0 atom stereocenters. The zero-order valence-corrected chi connectivity index (χ0v) is 12.6. The van der Waals surface area contributed by atoms with Gasteiger partial charge in [0.25, 0.3) is 5.91 Å². The predicted molar refractivity (Wildman–Crippen MR) is 79.3 cm³/mol. The van der Waals surface area contributed by atoms with Crippen molar-refractivity contribution in [1.29, 1.82) is 0 Å². The van der Waals surface area contributed by atoms with Gasteiger partial charge in [-0.2, -0.15) is 5.10 Å². The minimum atomic E-state index is 0.0104. The Kier molecular flexibility index (Phi) is 3.82. The quantitative estimate of drug-likeness (QED) is 0.944. The van der Waals surface area contributed by atoms with E-state index in [1.165, 1.54) is 11.3 Å². The molecule has 5 heteroatoms. The average molecular weight is 287 g/mol. The summed E-state index contributed by atoms with van der Waals surface area (Å²) in [4.78, 5) is 14.3. The lowest BCUT2D eigenvalue weighted by molar-refractivity contribution is 0.0678. The molecule has 0 spiro atoms. The molecule has 3 rings (SSSR count). The summed E-state index contributed by atoms with van der Waals surface area (Å²) in [7, 11) is 0. The summed E-state index contributed by atoms with van der Waals surface area (Å²) in [6.07, 6.45) is 6.43. The number of furan rings is 1. The van der Waals surface area contributed by atoms with E-state index in [1.807, 2.05) is 24.1 Å². The molecule has 1 aliphatic rings. The number of likely N-dealkylation sites (tertiary alicyclic amines) is 1. The van der Waals surface area contributed by atoms with Crippen LogP contribution in [0, 0.1) is 6.92 Å². The van der Waals surface area contributed by atoms with Gasteiger partial charge in [0.1, 0.15) is 0 Å². The molecule has 1 amide bonds. The summed E-state index contributed by atoms with van der Waals surface area (Å²) in [5.41, 5.74) is 3.45. The van der Waals surface area contributed by atoms with E-state index in [9.17, 15) is 4.79 Å². The van der Waals surface area contributed by atoms with E-state index in [0.29, 0.717) is 11.7 Å². The summed E-state index contributed by atoms with van der Waals surface area (Å²) in [6.45, 7) is 5.59. The highest BCUT2D eigenvalue weighted by Crippen LogP contribution is 2.29. The summed E-state index contributed by atoms with van der Waals surface area (Å²) in [5.74, 6) is 0.963. The molecule has 3 heterocycles. The minimum Gasteiger partial charge on any atom is -0.459 e. The Balaban J connectivity index is 1.66. The Labute approximate surface area is 124 Å². The highest BCUT2D eigenvalue weighted by molar-refractivity contribution is 5.92. The zero-order valence-electron chi connectivity index (χ0n) is 12.6. The van der Waals surface area contributed by atoms with Crippen molar-refractivity contribution in [3.05, 3.63) is 41.1 Å². The smallest absolute Gasteiger partial charge is 0.289 e. The van der Waals surface area contributed by atoms with Crippen molar-refractivity contribution in [2.45, 2.75) is 39.0 Å². The zero-order chi connectivity index (χ0) is 14.8. The van der Waals surface area contributed by atoms with E-state index >= 15 is 0 Å². The van der Waals surface area contributed by atoms with Crippen LogP contribution in [0.15, 0.2) is 22.9 Å². The SMILES string of the molecule is CCc1cn[nH]c1C1CCN(C(=O)c2occc2C)CC1. The third-order valence-corrected chi connectivity index (χ3v) is 4.38. The normalized spacial score (nSPS) is 16.4. The number of piperidine rings is 1. The number of rotatable bonds is 3. The number of amides is 1. The van der Waals surface area contributed by atoms with Crippen LogP contribution in [0.5, 0.6) is 0 Å². The van der Waals surface area contributed by atoms with Crippen molar-refractivity contribution < 1.29 is 9.21 Å². The van der Waals surface area contributed by atoms with Crippen LogP contribution in [0.25, 0.3) is 0 Å². The maximum atomic E-state index is 12.4. The minimum absolute atomic E-state index is 0.0104. The van der Waals surface area contributed by atoms with Crippen LogP contribution in [-0.2, 0) is 6.42 Å². The summed E-state index contributed by atoms with van der Waals surface area (Å²) < 4.78 is 5.31. The van der Waals surface area contributed by atoms with Gasteiger partial charge in [-0.05, 0) is 37.8 Å². The van der Waals surface area contributed by atoms with Gasteiger partial charge >= 0.3 is 0 Å². The first kappa shape index (κ1) is 13.9. The van der Waals surface area contributed by atoms with Gasteiger partial charge < -0.3 is 9.32 Å². The van der Waals surface area contributed by atoms with E-state index in [1.54, 1.807) is 6.26 Å². The molecule has 2 aromatic rings. The Hall–Kier alpha value is -2.04. The third kappa shape index (κ3) is 2.60. The van der Waals surface area contributed by atoms with Crippen LogP contribution in [-0.4, -0.2) is 34.1 Å². The fourth-order valence-corrected chi connectivity index (χ4v) is 3.06. The lowest BCUT2D eigenvalue weighted by atomic mass is 9.90. The van der Waals surface area contributed by atoms with Crippen molar-refractivity contribution >= 4 is 5.91 Å². The van der Waals surface area contributed by atoms with E-state index in [4.69, 9.17) is 4.42 Å². The largest absolute Gasteiger partial charge is 0.459 e. The van der Waals surface area contributed by atoms with Crippen LogP contribution in [0.4, 0.5) is 0 Å². The molecule has 112 valence electrons. The van der Waals surface area contributed by atoms with E-state index in [2.05, 4.69) is 17.1 Å². The first-order chi connectivity index (χ1) is 10.2. The Morgan fingerprint density at radius 1 is 1.48 bits per heavy atom. The molecule has 0 aliphatic carbocycles. The maximum absolute atomic E-state index is 12.4. The molecule has 1 fully saturated rings. The molecular formula is C16H21N3O2. The molecule has 0 radical (unpaired) electrons. The van der Waals surface area contributed by atoms with Crippen molar-refractivity contribution in [1.82, 2.24) is 15.1 Å². The fourth-order valence-electron chi connectivity index (χ4n) is 3.06. The monoisotopic (exact) mass is 287 g/mol. The molecule has 2 aromatic heterocycles. The van der Waals surface area contributed by atoms with Crippen LogP contribution >= 0.6 is 0 Å². The number of hydrogen-bond acceptors (Lipinski definition) is 3. The Morgan fingerprint density at radius 3 is 2.86 bits per heavy atom. The van der Waals surface area contributed by atoms with Gasteiger partial charge in [0, 0.05) is 30.3 Å². The number of carbonyl (C=O) groups excluding carboxylic acids is 1. The first-order valence-corrected chi connectivity index (χ1v) is 7.56. The molecule has 1 N–H and O–H groups in total. The Morgan fingerprint density at radius 2 is 2.24 bits per heavy atom. The van der Waals surface area contributed by atoms with Crippen molar-refractivity contribution in [3.8, 4) is 0 Å². The average Bonchev–Trinajstić information content (AvgIpc) is 3.15. The van der Waals surface area contributed by atoms with Crippen LogP contribution < -0.4 is 0 Å². The van der Waals surface area contributed by atoms with Gasteiger partial charge in [-0.1, -0.05) is 6.92 Å². The van der Waals surface area contributed by atoms with Gasteiger partial charge in [0.15, 0.2) is 5.76 Å². The standard InChI is InChI=1S/C16H21N3O2/c1-3-12-10-17-18-14(12)13-4-7-19(8-5-13)16(20)15-11(2)6-9-21-15/h6,9-10,13H,3-5,7-8H2,1-2H3,(H,17,18).